The molecular weight excluding hydrogens is 308 g/mol. The SMILES string of the molecule is O=C(N[C@H]1CCCNC1)c1n[nH]c2ccc(Br)cc12. The van der Waals surface area contributed by atoms with Crippen LogP contribution in [-0.4, -0.2) is 35.2 Å². The second-order valence-electron chi connectivity index (χ2n) is 4.78. The zero-order valence-corrected chi connectivity index (χ0v) is 12.0. The molecule has 1 aliphatic heterocycles. The summed E-state index contributed by atoms with van der Waals surface area (Å²) in [5, 5.41) is 14.2. The van der Waals surface area contributed by atoms with Crippen molar-refractivity contribution < 1.29 is 4.79 Å². The standard InChI is InChI=1S/C13H15BrN4O/c14-8-3-4-11-10(6-8)12(18-17-11)13(19)16-9-2-1-5-15-7-9/h3-4,6,9,15H,1-2,5,7H2,(H,16,19)(H,17,18)/t9-/m0/s1. The summed E-state index contributed by atoms with van der Waals surface area (Å²) in [5.74, 6) is -0.113. The number of carbonyl (C=O) groups excluding carboxylic acids is 1. The van der Waals surface area contributed by atoms with Crippen LogP contribution in [0.1, 0.15) is 23.3 Å². The first-order valence-electron chi connectivity index (χ1n) is 6.39. The number of halogens is 1. The van der Waals surface area contributed by atoms with Gasteiger partial charge in [0.25, 0.3) is 5.91 Å². The summed E-state index contributed by atoms with van der Waals surface area (Å²) in [7, 11) is 0. The number of nitrogens with one attached hydrogen (secondary N) is 3. The van der Waals surface area contributed by atoms with Crippen LogP contribution < -0.4 is 10.6 Å². The lowest BCUT2D eigenvalue weighted by molar-refractivity contribution is 0.0927. The Morgan fingerprint density at radius 1 is 1.47 bits per heavy atom. The normalized spacial score (nSPS) is 19.5. The van der Waals surface area contributed by atoms with Crippen LogP contribution in [0.2, 0.25) is 0 Å². The Morgan fingerprint density at radius 2 is 2.37 bits per heavy atom. The quantitative estimate of drug-likeness (QED) is 0.789. The minimum atomic E-state index is -0.113. The van der Waals surface area contributed by atoms with E-state index in [1.165, 1.54) is 0 Å². The molecule has 1 saturated heterocycles. The van der Waals surface area contributed by atoms with E-state index < -0.39 is 0 Å². The fraction of sp³-hybridized carbons (Fsp3) is 0.385. The number of rotatable bonds is 2. The summed E-state index contributed by atoms with van der Waals surface area (Å²) < 4.78 is 0.940. The van der Waals surface area contributed by atoms with E-state index in [9.17, 15) is 4.79 Å². The zero-order chi connectivity index (χ0) is 13.2. The predicted octanol–water partition coefficient (Wildman–Crippen LogP) is 1.81. The van der Waals surface area contributed by atoms with E-state index in [2.05, 4.69) is 36.8 Å². The van der Waals surface area contributed by atoms with Crippen molar-refractivity contribution in [3.05, 3.63) is 28.4 Å². The number of H-pyrrole nitrogens is 1. The highest BCUT2D eigenvalue weighted by molar-refractivity contribution is 9.10. The Kier molecular flexibility index (Phi) is 3.52. The van der Waals surface area contributed by atoms with Crippen molar-refractivity contribution in [2.45, 2.75) is 18.9 Å². The molecule has 1 fully saturated rings. The molecule has 3 N–H and O–H groups in total. The lowest BCUT2D eigenvalue weighted by Gasteiger charge is -2.23. The molecular formula is C13H15BrN4O. The van der Waals surface area contributed by atoms with E-state index in [1.54, 1.807) is 0 Å². The van der Waals surface area contributed by atoms with Gasteiger partial charge < -0.3 is 10.6 Å². The molecule has 1 aromatic carbocycles. The van der Waals surface area contributed by atoms with E-state index in [4.69, 9.17) is 0 Å². The van der Waals surface area contributed by atoms with E-state index in [0.717, 1.165) is 41.3 Å². The second kappa shape index (κ2) is 5.30. The third-order valence-electron chi connectivity index (χ3n) is 3.37. The van der Waals surface area contributed by atoms with Gasteiger partial charge >= 0.3 is 0 Å². The van der Waals surface area contributed by atoms with Crippen LogP contribution in [0.25, 0.3) is 10.9 Å². The smallest absolute Gasteiger partial charge is 0.272 e. The highest BCUT2D eigenvalue weighted by Gasteiger charge is 2.19. The molecule has 0 unspecified atom stereocenters. The molecule has 3 rings (SSSR count). The molecule has 0 bridgehead atoms. The lowest BCUT2D eigenvalue weighted by Crippen LogP contribution is -2.45. The molecule has 2 heterocycles. The molecule has 100 valence electrons. The van der Waals surface area contributed by atoms with Gasteiger partial charge in [0.1, 0.15) is 0 Å². The van der Waals surface area contributed by atoms with Crippen molar-refractivity contribution in [3.63, 3.8) is 0 Å². The molecule has 1 atom stereocenters. The lowest BCUT2D eigenvalue weighted by atomic mass is 10.1. The molecule has 0 radical (unpaired) electrons. The molecule has 0 spiro atoms. The highest BCUT2D eigenvalue weighted by atomic mass is 79.9. The van der Waals surface area contributed by atoms with Gasteiger partial charge in [-0.1, -0.05) is 15.9 Å². The van der Waals surface area contributed by atoms with Crippen molar-refractivity contribution in [2.24, 2.45) is 0 Å². The minimum absolute atomic E-state index is 0.113. The van der Waals surface area contributed by atoms with Gasteiger partial charge in [-0.15, -0.1) is 0 Å². The summed E-state index contributed by atoms with van der Waals surface area (Å²) in [4.78, 5) is 12.3. The summed E-state index contributed by atoms with van der Waals surface area (Å²) in [6, 6.07) is 5.94. The fourth-order valence-corrected chi connectivity index (χ4v) is 2.75. The third kappa shape index (κ3) is 2.64. The monoisotopic (exact) mass is 322 g/mol. The maximum Gasteiger partial charge on any atom is 0.272 e. The van der Waals surface area contributed by atoms with Crippen LogP contribution in [0.15, 0.2) is 22.7 Å². The van der Waals surface area contributed by atoms with Gasteiger partial charge in [0.15, 0.2) is 5.69 Å². The van der Waals surface area contributed by atoms with E-state index >= 15 is 0 Å². The molecule has 1 amide bonds. The number of piperidine rings is 1. The maximum absolute atomic E-state index is 12.3. The second-order valence-corrected chi connectivity index (χ2v) is 5.69. The van der Waals surface area contributed by atoms with Crippen molar-refractivity contribution in [3.8, 4) is 0 Å². The first kappa shape index (κ1) is 12.6. The molecule has 2 aromatic rings. The first-order chi connectivity index (χ1) is 9.24. The number of fused-ring (bicyclic) bond motifs is 1. The average Bonchev–Trinajstić information content (AvgIpc) is 2.82. The Balaban J connectivity index is 1.82. The number of aromatic nitrogens is 2. The molecule has 19 heavy (non-hydrogen) atoms. The van der Waals surface area contributed by atoms with E-state index in [-0.39, 0.29) is 11.9 Å². The summed E-state index contributed by atoms with van der Waals surface area (Å²) in [6.45, 7) is 1.86. The van der Waals surface area contributed by atoms with Crippen molar-refractivity contribution >= 4 is 32.7 Å². The van der Waals surface area contributed by atoms with Crippen LogP contribution >= 0.6 is 15.9 Å². The number of benzene rings is 1. The largest absolute Gasteiger partial charge is 0.347 e. The minimum Gasteiger partial charge on any atom is -0.347 e. The number of amides is 1. The molecule has 1 aromatic heterocycles. The van der Waals surface area contributed by atoms with Crippen LogP contribution in [-0.2, 0) is 0 Å². The third-order valence-corrected chi connectivity index (χ3v) is 3.87. The van der Waals surface area contributed by atoms with Gasteiger partial charge in [0.2, 0.25) is 0 Å². The molecule has 1 aliphatic rings. The van der Waals surface area contributed by atoms with Crippen LogP contribution in [0.5, 0.6) is 0 Å². The Hall–Kier alpha value is -1.40. The van der Waals surface area contributed by atoms with Gasteiger partial charge in [-0.25, -0.2) is 0 Å². The van der Waals surface area contributed by atoms with Crippen molar-refractivity contribution in [2.75, 3.05) is 13.1 Å². The molecule has 5 nitrogen and oxygen atoms in total. The Labute approximate surface area is 119 Å². The van der Waals surface area contributed by atoms with Gasteiger partial charge in [-0.2, -0.15) is 5.10 Å². The van der Waals surface area contributed by atoms with Crippen molar-refractivity contribution in [1.29, 1.82) is 0 Å². The van der Waals surface area contributed by atoms with E-state index in [0.29, 0.717) is 5.69 Å². The number of hydrogen-bond donors (Lipinski definition) is 3. The first-order valence-corrected chi connectivity index (χ1v) is 7.18. The zero-order valence-electron chi connectivity index (χ0n) is 10.4. The predicted molar refractivity (Wildman–Crippen MR) is 77.2 cm³/mol. The van der Waals surface area contributed by atoms with Gasteiger partial charge in [0.05, 0.1) is 5.52 Å². The molecule has 0 saturated carbocycles. The highest BCUT2D eigenvalue weighted by Crippen LogP contribution is 2.21. The van der Waals surface area contributed by atoms with Gasteiger partial charge in [-0.3, -0.25) is 9.89 Å². The summed E-state index contributed by atoms with van der Waals surface area (Å²) in [6.07, 6.45) is 2.11. The van der Waals surface area contributed by atoms with Gasteiger partial charge in [0, 0.05) is 22.4 Å². The maximum atomic E-state index is 12.3. The van der Waals surface area contributed by atoms with Crippen LogP contribution in [0, 0.1) is 0 Å². The van der Waals surface area contributed by atoms with Crippen molar-refractivity contribution in [1.82, 2.24) is 20.8 Å². The Bertz CT molecular complexity index is 604. The van der Waals surface area contributed by atoms with E-state index in [1.807, 2.05) is 18.2 Å². The number of carbonyl (C=O) groups is 1. The van der Waals surface area contributed by atoms with Crippen LogP contribution in [0.3, 0.4) is 0 Å². The van der Waals surface area contributed by atoms with Crippen LogP contribution in [0.4, 0.5) is 0 Å². The molecule has 6 heteroatoms. The fourth-order valence-electron chi connectivity index (χ4n) is 2.39. The number of aromatic amines is 1. The van der Waals surface area contributed by atoms with Gasteiger partial charge in [-0.05, 0) is 37.6 Å². The number of hydrogen-bond acceptors (Lipinski definition) is 3. The summed E-state index contributed by atoms with van der Waals surface area (Å²) >= 11 is 3.42. The number of nitrogens with zero attached hydrogens (tertiary/aromatic N) is 1. The molecule has 0 aliphatic carbocycles. The summed E-state index contributed by atoms with van der Waals surface area (Å²) in [5.41, 5.74) is 1.33. The topological polar surface area (TPSA) is 69.8 Å². The average molecular weight is 323 g/mol. The Morgan fingerprint density at radius 3 is 3.16 bits per heavy atom.